The van der Waals surface area contributed by atoms with Gasteiger partial charge >= 0.3 is 0 Å². The van der Waals surface area contributed by atoms with E-state index in [1.165, 1.54) is 0 Å². The second kappa shape index (κ2) is 9.46. The van der Waals surface area contributed by atoms with Crippen LogP contribution in [0.5, 0.6) is 5.75 Å². The molecule has 1 aliphatic heterocycles. The van der Waals surface area contributed by atoms with Crippen LogP contribution in [0.3, 0.4) is 0 Å². The Hall–Kier alpha value is -2.73. The molecule has 2 aromatic carbocycles. The molecular weight excluding hydrogens is 376 g/mol. The molecule has 0 aromatic heterocycles. The fourth-order valence-corrected chi connectivity index (χ4v) is 3.37. The third-order valence-corrected chi connectivity index (χ3v) is 4.97. The van der Waals surface area contributed by atoms with Gasteiger partial charge in [-0.2, -0.15) is 0 Å². The van der Waals surface area contributed by atoms with Gasteiger partial charge in [0.1, 0.15) is 5.75 Å². The number of nitrogens with two attached hydrogens (primary N) is 1. The minimum absolute atomic E-state index is 0.0277. The number of rotatable bonds is 8. The predicted octanol–water partition coefficient (Wildman–Crippen LogP) is 3.35. The van der Waals surface area contributed by atoms with Crippen molar-refractivity contribution in [3.8, 4) is 16.9 Å². The summed E-state index contributed by atoms with van der Waals surface area (Å²) in [4.78, 5) is 18.2. The normalized spacial score (nSPS) is 13.0. The number of carbonyl (C=O) groups excluding carboxylic acids is 1. The highest BCUT2D eigenvalue weighted by Gasteiger charge is 2.18. The molecule has 7 heteroatoms. The summed E-state index contributed by atoms with van der Waals surface area (Å²) in [5.41, 5.74) is 9.66. The fraction of sp³-hybridized carbons (Fsp3) is 0.333. The van der Waals surface area contributed by atoms with Crippen LogP contribution in [0.4, 0.5) is 5.69 Å². The van der Waals surface area contributed by atoms with Gasteiger partial charge in [0.15, 0.2) is 5.96 Å². The number of nitrogens with zero attached hydrogens (tertiary/aromatic N) is 2. The highest BCUT2D eigenvalue weighted by molar-refractivity contribution is 6.17. The molecule has 148 valence electrons. The van der Waals surface area contributed by atoms with Gasteiger partial charge in [-0.3, -0.25) is 4.79 Å². The Morgan fingerprint density at radius 2 is 2.07 bits per heavy atom. The van der Waals surface area contributed by atoms with E-state index < -0.39 is 0 Å². The summed E-state index contributed by atoms with van der Waals surface area (Å²) in [6, 6.07) is 13.1. The molecule has 0 saturated carbocycles. The number of benzene rings is 2. The van der Waals surface area contributed by atoms with Gasteiger partial charge in [0.05, 0.1) is 5.69 Å². The van der Waals surface area contributed by atoms with E-state index in [0.717, 1.165) is 35.2 Å². The number of phenolic OH excluding ortho intramolecular Hbond substituents is 1. The number of carbonyl (C=O) groups is 1. The number of para-hydroxylation sites is 1. The molecule has 0 atom stereocenters. The summed E-state index contributed by atoms with van der Waals surface area (Å²) in [6.45, 7) is 1.69. The van der Waals surface area contributed by atoms with Crippen LogP contribution in [0.25, 0.3) is 11.1 Å². The van der Waals surface area contributed by atoms with E-state index in [1.54, 1.807) is 12.1 Å². The first-order valence-corrected chi connectivity index (χ1v) is 9.95. The van der Waals surface area contributed by atoms with Gasteiger partial charge in [-0.1, -0.05) is 24.3 Å². The summed E-state index contributed by atoms with van der Waals surface area (Å²) in [5, 5.41) is 13.0. The zero-order chi connectivity index (χ0) is 19.9. The molecule has 28 heavy (non-hydrogen) atoms. The predicted molar refractivity (Wildman–Crippen MR) is 113 cm³/mol. The molecule has 0 spiro atoms. The van der Waals surface area contributed by atoms with E-state index in [0.29, 0.717) is 37.9 Å². The van der Waals surface area contributed by atoms with E-state index in [9.17, 15) is 9.90 Å². The van der Waals surface area contributed by atoms with E-state index >= 15 is 0 Å². The van der Waals surface area contributed by atoms with Crippen LogP contribution in [0.2, 0.25) is 0 Å². The molecule has 1 heterocycles. The zero-order valence-corrected chi connectivity index (χ0v) is 16.5. The molecule has 0 aliphatic carbocycles. The van der Waals surface area contributed by atoms with Crippen LogP contribution < -0.4 is 11.1 Å². The van der Waals surface area contributed by atoms with Crippen molar-refractivity contribution in [3.63, 3.8) is 0 Å². The Kier molecular flexibility index (Phi) is 6.76. The van der Waals surface area contributed by atoms with Gasteiger partial charge < -0.3 is 21.1 Å². The lowest BCUT2D eigenvalue weighted by Gasteiger charge is -2.28. The van der Waals surface area contributed by atoms with Crippen LogP contribution in [0.15, 0.2) is 47.5 Å². The second-order valence-electron chi connectivity index (χ2n) is 6.75. The van der Waals surface area contributed by atoms with Crippen molar-refractivity contribution in [1.29, 1.82) is 0 Å². The Morgan fingerprint density at radius 1 is 1.25 bits per heavy atom. The average molecular weight is 401 g/mol. The third-order valence-electron chi connectivity index (χ3n) is 4.71. The van der Waals surface area contributed by atoms with Gasteiger partial charge in [-0.05, 0) is 42.2 Å². The molecule has 0 bridgehead atoms. The summed E-state index contributed by atoms with van der Waals surface area (Å²) in [7, 11) is 0. The summed E-state index contributed by atoms with van der Waals surface area (Å²) >= 11 is 5.63. The number of nitrogens with one attached hydrogen (secondary N) is 1. The lowest BCUT2D eigenvalue weighted by Crippen LogP contribution is -2.43. The first-order chi connectivity index (χ1) is 13.6. The molecule has 4 N–H and O–H groups in total. The molecule has 0 fully saturated rings. The standard InChI is InChI=1S/C21H25ClN4O2/c22-10-4-3-7-20(28)24-11-12-26-14-16-13-15(8-9-18(16)25-21(26)23)17-5-1-2-6-19(17)27/h1-2,5-6,8-9,13,27H,3-4,7,10-12,14H2,(H2,23,25)(H,24,28). The van der Waals surface area contributed by atoms with E-state index in [1.807, 2.05) is 35.2 Å². The third kappa shape index (κ3) is 4.95. The molecule has 0 radical (unpaired) electrons. The number of aliphatic imine (C=N–C) groups is 1. The molecule has 1 amide bonds. The SMILES string of the molecule is NC1=Nc2ccc(-c3ccccc3O)cc2CN1CCNC(=O)CCCCCl. The van der Waals surface area contributed by atoms with Gasteiger partial charge in [-0.25, -0.2) is 4.99 Å². The molecule has 6 nitrogen and oxygen atoms in total. The smallest absolute Gasteiger partial charge is 0.220 e. The van der Waals surface area contributed by atoms with Crippen molar-refractivity contribution >= 4 is 29.2 Å². The lowest BCUT2D eigenvalue weighted by atomic mass is 10.00. The number of amides is 1. The quantitative estimate of drug-likeness (QED) is 0.468. The fourth-order valence-electron chi connectivity index (χ4n) is 3.18. The highest BCUT2D eigenvalue weighted by Crippen LogP contribution is 2.34. The van der Waals surface area contributed by atoms with Crippen molar-refractivity contribution in [2.24, 2.45) is 10.7 Å². The van der Waals surface area contributed by atoms with E-state index in [-0.39, 0.29) is 11.7 Å². The van der Waals surface area contributed by atoms with Crippen LogP contribution in [0.1, 0.15) is 24.8 Å². The Bertz CT molecular complexity index is 869. The molecule has 0 saturated heterocycles. The van der Waals surface area contributed by atoms with Crippen molar-refractivity contribution in [2.75, 3.05) is 19.0 Å². The maximum Gasteiger partial charge on any atom is 0.220 e. The van der Waals surface area contributed by atoms with Crippen LogP contribution in [0, 0.1) is 0 Å². The van der Waals surface area contributed by atoms with Crippen LogP contribution >= 0.6 is 11.6 Å². The number of fused-ring (bicyclic) bond motifs is 1. The minimum Gasteiger partial charge on any atom is -0.507 e. The Morgan fingerprint density at radius 3 is 2.86 bits per heavy atom. The number of unbranched alkanes of at least 4 members (excludes halogenated alkanes) is 1. The molecule has 3 rings (SSSR count). The zero-order valence-electron chi connectivity index (χ0n) is 15.7. The number of aromatic hydroxyl groups is 1. The minimum atomic E-state index is 0.0277. The van der Waals surface area contributed by atoms with Gasteiger partial charge in [0.2, 0.25) is 5.91 Å². The van der Waals surface area contributed by atoms with Crippen molar-refractivity contribution < 1.29 is 9.90 Å². The number of guanidine groups is 1. The average Bonchev–Trinajstić information content (AvgIpc) is 2.69. The molecule has 0 unspecified atom stereocenters. The first kappa shape index (κ1) is 20.0. The number of hydrogen-bond acceptors (Lipinski definition) is 5. The summed E-state index contributed by atoms with van der Waals surface area (Å²) in [6.07, 6.45) is 2.13. The monoisotopic (exact) mass is 400 g/mol. The largest absolute Gasteiger partial charge is 0.507 e. The molecule has 1 aliphatic rings. The van der Waals surface area contributed by atoms with Crippen molar-refractivity contribution in [3.05, 3.63) is 48.0 Å². The van der Waals surface area contributed by atoms with Gasteiger partial charge in [0, 0.05) is 37.5 Å². The van der Waals surface area contributed by atoms with Crippen molar-refractivity contribution in [1.82, 2.24) is 10.2 Å². The Balaban J connectivity index is 1.63. The first-order valence-electron chi connectivity index (χ1n) is 9.41. The molecule has 2 aromatic rings. The van der Waals surface area contributed by atoms with Gasteiger partial charge in [0.25, 0.3) is 0 Å². The van der Waals surface area contributed by atoms with E-state index in [4.69, 9.17) is 17.3 Å². The number of alkyl halides is 1. The Labute approximate surface area is 170 Å². The van der Waals surface area contributed by atoms with Crippen LogP contribution in [-0.2, 0) is 11.3 Å². The second-order valence-corrected chi connectivity index (χ2v) is 7.13. The topological polar surface area (TPSA) is 90.9 Å². The van der Waals surface area contributed by atoms with Gasteiger partial charge in [-0.15, -0.1) is 11.6 Å². The maximum absolute atomic E-state index is 11.8. The number of halogens is 1. The lowest BCUT2D eigenvalue weighted by molar-refractivity contribution is -0.121. The summed E-state index contributed by atoms with van der Waals surface area (Å²) in [5.74, 6) is 1.30. The molecular formula is C21H25ClN4O2. The maximum atomic E-state index is 11.8. The van der Waals surface area contributed by atoms with E-state index in [2.05, 4.69) is 10.3 Å². The number of phenols is 1. The van der Waals surface area contributed by atoms with Crippen LogP contribution in [-0.4, -0.2) is 40.8 Å². The number of hydrogen-bond donors (Lipinski definition) is 3. The van der Waals surface area contributed by atoms with Crippen molar-refractivity contribution in [2.45, 2.75) is 25.8 Å². The summed E-state index contributed by atoms with van der Waals surface area (Å²) < 4.78 is 0. The highest BCUT2D eigenvalue weighted by atomic mass is 35.5.